The fourth-order valence-corrected chi connectivity index (χ4v) is 1.82. The summed E-state index contributed by atoms with van der Waals surface area (Å²) < 4.78 is 5.89. The zero-order valence-corrected chi connectivity index (χ0v) is 8.78. The van der Waals surface area contributed by atoms with Crippen molar-refractivity contribution in [3.63, 3.8) is 0 Å². The molecule has 0 radical (unpaired) electrons. The summed E-state index contributed by atoms with van der Waals surface area (Å²) in [5, 5.41) is 0. The Bertz CT molecular complexity index is 477. The van der Waals surface area contributed by atoms with Crippen LogP contribution in [0, 0.1) is 0 Å². The lowest BCUT2D eigenvalue weighted by molar-refractivity contribution is 0.102. The Balaban J connectivity index is 1.83. The van der Waals surface area contributed by atoms with Gasteiger partial charge in [0.2, 0.25) is 0 Å². The van der Waals surface area contributed by atoms with Crippen molar-refractivity contribution in [1.82, 2.24) is 4.90 Å². The molecule has 0 aliphatic carbocycles. The third-order valence-electron chi connectivity index (χ3n) is 2.65. The van der Waals surface area contributed by atoms with Crippen LogP contribution in [0.1, 0.15) is 5.56 Å². The van der Waals surface area contributed by atoms with Crippen LogP contribution in [0.2, 0.25) is 0 Å². The van der Waals surface area contributed by atoms with E-state index in [1.54, 1.807) is 6.21 Å². The fraction of sp³-hybridized carbons (Fsp3) is 0.154. The number of hydrogen-bond donors (Lipinski definition) is 0. The van der Waals surface area contributed by atoms with Gasteiger partial charge in [-0.15, -0.1) is 0 Å². The van der Waals surface area contributed by atoms with Gasteiger partial charge in [0.15, 0.2) is 6.23 Å². The van der Waals surface area contributed by atoms with Crippen LogP contribution < -0.4 is 4.74 Å². The molecule has 0 amide bonds. The van der Waals surface area contributed by atoms with Gasteiger partial charge < -0.3 is 9.64 Å². The average Bonchev–Trinajstić information content (AvgIpc) is 2.39. The van der Waals surface area contributed by atoms with Crippen LogP contribution >= 0.6 is 0 Å². The fourth-order valence-electron chi connectivity index (χ4n) is 1.82. The summed E-state index contributed by atoms with van der Waals surface area (Å²) >= 11 is 0. The van der Waals surface area contributed by atoms with Crippen molar-refractivity contribution in [3.8, 4) is 5.75 Å². The number of rotatable bonds is 1. The highest BCUT2D eigenvalue weighted by Gasteiger charge is 2.18. The molecule has 2 aliphatic heterocycles. The summed E-state index contributed by atoms with van der Waals surface area (Å²) in [6, 6.07) is 8.03. The van der Waals surface area contributed by atoms with Crippen LogP contribution in [0.15, 0.2) is 47.6 Å². The molecule has 2 aliphatic rings. The summed E-state index contributed by atoms with van der Waals surface area (Å²) in [6.45, 7) is 0.647. The molecule has 2 heterocycles. The summed E-state index contributed by atoms with van der Waals surface area (Å²) in [4.78, 5) is 6.24. The molecule has 3 nitrogen and oxygen atoms in total. The van der Waals surface area contributed by atoms with Crippen molar-refractivity contribution in [2.45, 2.75) is 6.23 Å². The molecule has 0 saturated carbocycles. The summed E-state index contributed by atoms with van der Waals surface area (Å²) in [5.74, 6) is 0.929. The number of aliphatic imine (C=N–C) groups is 1. The van der Waals surface area contributed by atoms with E-state index in [-0.39, 0.29) is 6.23 Å². The monoisotopic (exact) mass is 212 g/mol. The van der Waals surface area contributed by atoms with E-state index in [9.17, 15) is 0 Å². The van der Waals surface area contributed by atoms with Crippen molar-refractivity contribution >= 4 is 12.3 Å². The van der Waals surface area contributed by atoms with Crippen LogP contribution in [0.5, 0.6) is 5.75 Å². The van der Waals surface area contributed by atoms with Gasteiger partial charge in [0.05, 0.1) is 0 Å². The molecule has 0 aromatic heterocycles. The largest absolute Gasteiger partial charge is 0.466 e. The maximum Gasteiger partial charge on any atom is 0.193 e. The Morgan fingerprint density at radius 3 is 3.12 bits per heavy atom. The molecule has 1 unspecified atom stereocenters. The van der Waals surface area contributed by atoms with Gasteiger partial charge in [-0.05, 0) is 24.3 Å². The van der Waals surface area contributed by atoms with Gasteiger partial charge in [-0.25, -0.2) is 0 Å². The first kappa shape index (κ1) is 9.21. The SMILES string of the molecule is C1=CN(C2C=Cc3ccccc3O2)CN=C1. The van der Waals surface area contributed by atoms with Gasteiger partial charge in [0.25, 0.3) is 0 Å². The molecule has 0 fully saturated rings. The molecule has 3 rings (SSSR count). The third-order valence-corrected chi connectivity index (χ3v) is 2.65. The van der Waals surface area contributed by atoms with E-state index in [2.05, 4.69) is 11.1 Å². The number of allylic oxidation sites excluding steroid dienone is 1. The maximum absolute atomic E-state index is 5.89. The molecule has 0 saturated heterocycles. The smallest absolute Gasteiger partial charge is 0.193 e. The zero-order valence-electron chi connectivity index (χ0n) is 8.78. The third kappa shape index (κ3) is 1.60. The second kappa shape index (κ2) is 3.85. The molecule has 1 aromatic carbocycles. The number of benzene rings is 1. The Hall–Kier alpha value is -2.03. The lowest BCUT2D eigenvalue weighted by Gasteiger charge is -2.31. The molecule has 1 atom stereocenters. The van der Waals surface area contributed by atoms with E-state index in [1.807, 2.05) is 47.5 Å². The predicted molar refractivity (Wildman–Crippen MR) is 64.2 cm³/mol. The minimum Gasteiger partial charge on any atom is -0.466 e. The van der Waals surface area contributed by atoms with E-state index in [0.29, 0.717) is 6.67 Å². The van der Waals surface area contributed by atoms with Gasteiger partial charge >= 0.3 is 0 Å². The first-order valence-corrected chi connectivity index (χ1v) is 5.30. The molecule has 3 heteroatoms. The standard InChI is InChI=1S/C13H12N2O/c1-2-5-12-11(4-1)6-7-13(16-12)15-9-3-8-14-10-15/h1-9,13H,10H2. The Kier molecular flexibility index (Phi) is 2.22. The Labute approximate surface area is 94.4 Å². The van der Waals surface area contributed by atoms with E-state index in [4.69, 9.17) is 4.74 Å². The number of fused-ring (bicyclic) bond motifs is 1. The van der Waals surface area contributed by atoms with Gasteiger partial charge in [-0.3, -0.25) is 4.99 Å². The maximum atomic E-state index is 5.89. The quantitative estimate of drug-likeness (QED) is 0.713. The zero-order chi connectivity index (χ0) is 10.8. The molecule has 1 aromatic rings. The Morgan fingerprint density at radius 2 is 2.25 bits per heavy atom. The van der Waals surface area contributed by atoms with Gasteiger partial charge in [0, 0.05) is 18.0 Å². The summed E-state index contributed by atoms with van der Waals surface area (Å²) in [6.07, 6.45) is 9.81. The molecule has 0 N–H and O–H groups in total. The van der Waals surface area contributed by atoms with Crippen LogP contribution in [0.3, 0.4) is 0 Å². The van der Waals surface area contributed by atoms with Crippen LogP contribution in [0.4, 0.5) is 0 Å². The van der Waals surface area contributed by atoms with Crippen molar-refractivity contribution in [3.05, 3.63) is 48.2 Å². The van der Waals surface area contributed by atoms with Crippen LogP contribution in [-0.2, 0) is 0 Å². The highest BCUT2D eigenvalue weighted by molar-refractivity contribution is 5.71. The Morgan fingerprint density at radius 1 is 1.31 bits per heavy atom. The topological polar surface area (TPSA) is 24.8 Å². The molecule has 0 spiro atoms. The van der Waals surface area contributed by atoms with Crippen LogP contribution in [0.25, 0.3) is 6.08 Å². The second-order valence-corrected chi connectivity index (χ2v) is 3.73. The van der Waals surface area contributed by atoms with Crippen molar-refractivity contribution < 1.29 is 4.74 Å². The normalized spacial score (nSPS) is 21.8. The number of hydrogen-bond acceptors (Lipinski definition) is 3. The lowest BCUT2D eigenvalue weighted by atomic mass is 10.1. The molecule has 0 bridgehead atoms. The first-order chi connectivity index (χ1) is 7.93. The average molecular weight is 212 g/mol. The lowest BCUT2D eigenvalue weighted by Crippen LogP contribution is -2.36. The van der Waals surface area contributed by atoms with Crippen molar-refractivity contribution in [2.75, 3.05) is 6.67 Å². The van der Waals surface area contributed by atoms with E-state index in [1.165, 1.54) is 0 Å². The predicted octanol–water partition coefficient (Wildman–Crippen LogP) is 2.28. The molecular weight excluding hydrogens is 200 g/mol. The minimum atomic E-state index is -0.0522. The minimum absolute atomic E-state index is 0.0522. The molecule has 80 valence electrons. The second-order valence-electron chi connectivity index (χ2n) is 3.73. The van der Waals surface area contributed by atoms with E-state index >= 15 is 0 Å². The highest BCUT2D eigenvalue weighted by Crippen LogP contribution is 2.26. The van der Waals surface area contributed by atoms with E-state index in [0.717, 1.165) is 11.3 Å². The van der Waals surface area contributed by atoms with Crippen LogP contribution in [-0.4, -0.2) is 24.0 Å². The first-order valence-electron chi connectivity index (χ1n) is 5.30. The number of ether oxygens (including phenoxy) is 1. The van der Waals surface area contributed by atoms with E-state index < -0.39 is 0 Å². The summed E-state index contributed by atoms with van der Waals surface area (Å²) in [5.41, 5.74) is 1.13. The van der Waals surface area contributed by atoms with Gasteiger partial charge in [0.1, 0.15) is 12.4 Å². The molecular formula is C13H12N2O. The van der Waals surface area contributed by atoms with Crippen molar-refractivity contribution in [2.24, 2.45) is 4.99 Å². The number of para-hydroxylation sites is 1. The van der Waals surface area contributed by atoms with Gasteiger partial charge in [-0.2, -0.15) is 0 Å². The van der Waals surface area contributed by atoms with Crippen molar-refractivity contribution in [1.29, 1.82) is 0 Å². The van der Waals surface area contributed by atoms with Gasteiger partial charge in [-0.1, -0.05) is 18.2 Å². The molecule has 16 heavy (non-hydrogen) atoms. The summed E-state index contributed by atoms with van der Waals surface area (Å²) in [7, 11) is 0. The highest BCUT2D eigenvalue weighted by atomic mass is 16.5. The number of nitrogens with zero attached hydrogens (tertiary/aromatic N) is 2.